The topological polar surface area (TPSA) is 105 Å². The van der Waals surface area contributed by atoms with Gasteiger partial charge in [0, 0.05) is 24.7 Å². The molecule has 32 heavy (non-hydrogen) atoms. The molecule has 1 atom stereocenters. The Kier molecular flexibility index (Phi) is 5.91. The van der Waals surface area contributed by atoms with Crippen molar-refractivity contribution >= 4 is 33.2 Å². The average Bonchev–Trinajstić information content (AvgIpc) is 2.77. The van der Waals surface area contributed by atoms with E-state index in [1.54, 1.807) is 26.0 Å². The number of sulfonamides is 1. The highest BCUT2D eigenvalue weighted by Gasteiger charge is 2.33. The summed E-state index contributed by atoms with van der Waals surface area (Å²) in [5, 5.41) is 5.36. The van der Waals surface area contributed by atoms with Crippen LogP contribution in [0.1, 0.15) is 25.3 Å². The molecule has 8 nitrogen and oxygen atoms in total. The Morgan fingerprint density at radius 3 is 2.59 bits per heavy atom. The fraction of sp³-hybridized carbons (Fsp3) is 0.364. The lowest BCUT2D eigenvalue weighted by Gasteiger charge is -2.31. The van der Waals surface area contributed by atoms with E-state index in [4.69, 9.17) is 4.74 Å². The van der Waals surface area contributed by atoms with E-state index < -0.39 is 21.9 Å². The lowest BCUT2D eigenvalue weighted by Crippen LogP contribution is -2.41. The van der Waals surface area contributed by atoms with Crippen molar-refractivity contribution in [2.45, 2.75) is 37.7 Å². The zero-order valence-electron chi connectivity index (χ0n) is 17.7. The molecule has 2 N–H and O–H groups in total. The lowest BCUT2D eigenvalue weighted by atomic mass is 9.97. The van der Waals surface area contributed by atoms with Crippen LogP contribution < -0.4 is 15.4 Å². The van der Waals surface area contributed by atoms with Crippen LogP contribution in [0.3, 0.4) is 0 Å². The highest BCUT2D eigenvalue weighted by Crippen LogP contribution is 2.33. The van der Waals surface area contributed by atoms with E-state index in [1.807, 2.05) is 0 Å². The molecule has 1 fully saturated rings. The van der Waals surface area contributed by atoms with Crippen molar-refractivity contribution < 1.29 is 27.1 Å². The zero-order valence-corrected chi connectivity index (χ0v) is 18.5. The molecule has 0 saturated carbocycles. The number of carbonyl (C=O) groups is 2. The van der Waals surface area contributed by atoms with Gasteiger partial charge >= 0.3 is 0 Å². The van der Waals surface area contributed by atoms with E-state index in [-0.39, 0.29) is 35.7 Å². The first-order valence-electron chi connectivity index (χ1n) is 10.3. The molecule has 0 bridgehead atoms. The smallest absolute Gasteiger partial charge is 0.265 e. The molecule has 0 unspecified atom stereocenters. The molecule has 2 heterocycles. The predicted octanol–water partition coefficient (Wildman–Crippen LogP) is 2.89. The van der Waals surface area contributed by atoms with Crippen molar-refractivity contribution in [2.75, 3.05) is 23.7 Å². The van der Waals surface area contributed by atoms with Crippen LogP contribution in [0.25, 0.3) is 0 Å². The van der Waals surface area contributed by atoms with Gasteiger partial charge in [0.2, 0.25) is 15.9 Å². The first-order valence-corrected chi connectivity index (χ1v) is 11.8. The molecule has 2 amide bonds. The van der Waals surface area contributed by atoms with E-state index in [0.29, 0.717) is 35.5 Å². The number of fused-ring (bicyclic) bond motifs is 1. The van der Waals surface area contributed by atoms with E-state index in [0.717, 1.165) is 0 Å². The van der Waals surface area contributed by atoms with E-state index in [2.05, 4.69) is 10.6 Å². The highest BCUT2D eigenvalue weighted by atomic mass is 32.2. The van der Waals surface area contributed by atoms with Crippen molar-refractivity contribution in [3.05, 3.63) is 47.8 Å². The number of rotatable bonds is 4. The summed E-state index contributed by atoms with van der Waals surface area (Å²) < 4.78 is 46.7. The number of hydrogen-bond acceptors (Lipinski definition) is 5. The predicted molar refractivity (Wildman–Crippen MR) is 116 cm³/mol. The minimum Gasteiger partial charge on any atom is -0.479 e. The Hall–Kier alpha value is -2.98. The van der Waals surface area contributed by atoms with Gasteiger partial charge in [0.05, 0.1) is 10.6 Å². The number of aryl methyl sites for hydroxylation is 1. The SMILES string of the molecule is Cc1ccc(NC(=O)C2CCN(S(=O)(=O)c3ccc4c(c3)NC(=O)[C@@H](C)O4)CC2)cc1F. The Labute approximate surface area is 185 Å². The second kappa shape index (κ2) is 8.51. The molecule has 0 spiro atoms. The van der Waals surface area contributed by atoms with Gasteiger partial charge < -0.3 is 15.4 Å². The number of amides is 2. The van der Waals surface area contributed by atoms with Crippen LogP contribution in [0.15, 0.2) is 41.3 Å². The molecule has 2 aliphatic heterocycles. The third-order valence-corrected chi connectivity index (χ3v) is 7.68. The Bertz CT molecular complexity index is 1180. The van der Waals surface area contributed by atoms with Crippen molar-refractivity contribution in [2.24, 2.45) is 5.92 Å². The molecule has 2 aromatic carbocycles. The average molecular weight is 462 g/mol. The maximum atomic E-state index is 13.7. The molecular formula is C22H24FN3O5S. The number of piperidine rings is 1. The normalized spacial score (nSPS) is 19.6. The number of hydrogen-bond donors (Lipinski definition) is 2. The largest absolute Gasteiger partial charge is 0.479 e. The van der Waals surface area contributed by atoms with Gasteiger partial charge in [-0.2, -0.15) is 4.31 Å². The molecule has 0 aromatic heterocycles. The highest BCUT2D eigenvalue weighted by molar-refractivity contribution is 7.89. The standard InChI is InChI=1S/C22H24FN3O5S/c1-13-3-4-16(11-18(13)23)24-22(28)15-7-9-26(10-8-15)32(29,30)17-5-6-20-19(12-17)25-21(27)14(2)31-20/h3-6,11-12,14-15H,7-10H2,1-2H3,(H,24,28)(H,25,27)/t14-/m1/s1. The van der Waals surface area contributed by atoms with Crippen LogP contribution in [0.2, 0.25) is 0 Å². The number of nitrogens with one attached hydrogen (secondary N) is 2. The van der Waals surface area contributed by atoms with Crippen LogP contribution in [-0.2, 0) is 19.6 Å². The minimum absolute atomic E-state index is 0.0488. The Morgan fingerprint density at radius 1 is 1.19 bits per heavy atom. The van der Waals surface area contributed by atoms with Crippen LogP contribution in [0, 0.1) is 18.7 Å². The van der Waals surface area contributed by atoms with Gasteiger partial charge in [-0.3, -0.25) is 9.59 Å². The van der Waals surface area contributed by atoms with Crippen LogP contribution in [0.5, 0.6) is 5.75 Å². The molecule has 1 saturated heterocycles. The zero-order chi connectivity index (χ0) is 23.0. The summed E-state index contributed by atoms with van der Waals surface area (Å²) in [5.74, 6) is -0.951. The third-order valence-electron chi connectivity index (χ3n) is 5.78. The number of carbonyl (C=O) groups excluding carboxylic acids is 2. The number of halogens is 1. The third kappa shape index (κ3) is 4.33. The summed E-state index contributed by atoms with van der Waals surface area (Å²) in [6, 6.07) is 8.86. The maximum absolute atomic E-state index is 13.7. The van der Waals surface area contributed by atoms with Gasteiger partial charge in [-0.05, 0) is 62.6 Å². The first-order chi connectivity index (χ1) is 15.1. The number of anilines is 2. The second-order valence-electron chi connectivity index (χ2n) is 8.04. The van der Waals surface area contributed by atoms with Gasteiger partial charge in [-0.25, -0.2) is 12.8 Å². The van der Waals surface area contributed by atoms with E-state index in [9.17, 15) is 22.4 Å². The molecular weight excluding hydrogens is 437 g/mol. The number of nitrogens with zero attached hydrogens (tertiary/aromatic N) is 1. The molecule has 170 valence electrons. The fourth-order valence-corrected chi connectivity index (χ4v) is 5.27. The van der Waals surface area contributed by atoms with E-state index in [1.165, 1.54) is 28.6 Å². The lowest BCUT2D eigenvalue weighted by molar-refractivity contribution is -0.123. The van der Waals surface area contributed by atoms with Gasteiger partial charge in [-0.1, -0.05) is 6.07 Å². The Morgan fingerprint density at radius 2 is 1.91 bits per heavy atom. The summed E-state index contributed by atoms with van der Waals surface area (Å²) in [4.78, 5) is 24.4. The molecule has 2 aliphatic rings. The van der Waals surface area contributed by atoms with Gasteiger partial charge in [0.25, 0.3) is 5.91 Å². The van der Waals surface area contributed by atoms with Crippen molar-refractivity contribution in [1.82, 2.24) is 4.31 Å². The van der Waals surface area contributed by atoms with Crippen LogP contribution >= 0.6 is 0 Å². The summed E-state index contributed by atoms with van der Waals surface area (Å²) in [5.41, 5.74) is 1.18. The van der Waals surface area contributed by atoms with E-state index >= 15 is 0 Å². The van der Waals surface area contributed by atoms with Gasteiger partial charge in [0.1, 0.15) is 11.6 Å². The molecule has 10 heteroatoms. The second-order valence-corrected chi connectivity index (χ2v) is 9.98. The number of benzene rings is 2. The summed E-state index contributed by atoms with van der Waals surface area (Å²) in [7, 11) is -3.80. The molecule has 4 rings (SSSR count). The van der Waals surface area contributed by atoms with Crippen molar-refractivity contribution in [3.8, 4) is 5.75 Å². The quantitative estimate of drug-likeness (QED) is 0.729. The van der Waals surface area contributed by atoms with Crippen LogP contribution in [0.4, 0.5) is 15.8 Å². The summed E-state index contributed by atoms with van der Waals surface area (Å²) in [6.07, 6.45) is 0.0511. The van der Waals surface area contributed by atoms with Crippen LogP contribution in [-0.4, -0.2) is 43.7 Å². The van der Waals surface area contributed by atoms with Gasteiger partial charge in [-0.15, -0.1) is 0 Å². The first kappa shape index (κ1) is 22.2. The minimum atomic E-state index is -3.80. The maximum Gasteiger partial charge on any atom is 0.265 e. The molecule has 0 aliphatic carbocycles. The Balaban J connectivity index is 1.41. The summed E-state index contributed by atoms with van der Waals surface area (Å²) >= 11 is 0. The number of ether oxygens (including phenoxy) is 1. The fourth-order valence-electron chi connectivity index (χ4n) is 3.77. The monoisotopic (exact) mass is 461 g/mol. The molecule has 2 aromatic rings. The molecule has 0 radical (unpaired) electrons. The van der Waals surface area contributed by atoms with Gasteiger partial charge in [0.15, 0.2) is 6.10 Å². The summed E-state index contributed by atoms with van der Waals surface area (Å²) in [6.45, 7) is 3.61. The van der Waals surface area contributed by atoms with Crippen molar-refractivity contribution in [3.63, 3.8) is 0 Å². The van der Waals surface area contributed by atoms with Crippen molar-refractivity contribution in [1.29, 1.82) is 0 Å².